The summed E-state index contributed by atoms with van der Waals surface area (Å²) in [6.45, 7) is 0.199. The van der Waals surface area contributed by atoms with Gasteiger partial charge in [-0.3, -0.25) is 5.41 Å². The van der Waals surface area contributed by atoms with Crippen molar-refractivity contribution < 1.29 is 13.9 Å². The van der Waals surface area contributed by atoms with Gasteiger partial charge in [0.2, 0.25) is 0 Å². The van der Waals surface area contributed by atoms with Gasteiger partial charge in [0.1, 0.15) is 29.8 Å². The molecule has 104 valence electrons. The first-order valence-corrected chi connectivity index (χ1v) is 5.99. The number of nitrogens with two attached hydrogens (primary N) is 1. The lowest BCUT2D eigenvalue weighted by molar-refractivity contribution is 0.305. The minimum atomic E-state index is -0.439. The molecule has 0 aliphatic carbocycles. The fraction of sp³-hybridized carbons (Fsp3) is 0.133. The highest BCUT2D eigenvalue weighted by Crippen LogP contribution is 2.18. The molecule has 0 aliphatic rings. The van der Waals surface area contributed by atoms with Crippen LogP contribution in [0.5, 0.6) is 11.5 Å². The van der Waals surface area contributed by atoms with Gasteiger partial charge in [-0.1, -0.05) is 0 Å². The van der Waals surface area contributed by atoms with Gasteiger partial charge in [-0.05, 0) is 48.0 Å². The number of ether oxygens (including phenoxy) is 2. The molecule has 0 saturated carbocycles. The zero-order valence-electron chi connectivity index (χ0n) is 11.0. The third-order valence-corrected chi connectivity index (χ3v) is 2.73. The Morgan fingerprint density at radius 3 is 2.40 bits per heavy atom. The van der Waals surface area contributed by atoms with E-state index in [9.17, 15) is 4.39 Å². The van der Waals surface area contributed by atoms with Crippen molar-refractivity contribution in [3.8, 4) is 11.5 Å². The van der Waals surface area contributed by atoms with Gasteiger partial charge in [0.15, 0.2) is 0 Å². The Kier molecular flexibility index (Phi) is 4.20. The van der Waals surface area contributed by atoms with Crippen LogP contribution in [0.25, 0.3) is 0 Å². The molecule has 0 fully saturated rings. The number of nitrogens with one attached hydrogen (secondary N) is 1. The van der Waals surface area contributed by atoms with Gasteiger partial charge in [-0.15, -0.1) is 0 Å². The fourth-order valence-electron chi connectivity index (χ4n) is 1.73. The van der Waals surface area contributed by atoms with E-state index in [0.717, 1.165) is 5.75 Å². The van der Waals surface area contributed by atoms with E-state index in [0.29, 0.717) is 16.9 Å². The van der Waals surface area contributed by atoms with Crippen LogP contribution in [0.2, 0.25) is 0 Å². The molecule has 3 N–H and O–H groups in total. The molecule has 0 unspecified atom stereocenters. The maximum atomic E-state index is 13.4. The normalized spacial score (nSPS) is 10.1. The first-order valence-electron chi connectivity index (χ1n) is 5.99. The van der Waals surface area contributed by atoms with Crippen molar-refractivity contribution in [3.05, 3.63) is 59.4 Å². The minimum Gasteiger partial charge on any atom is -0.497 e. The first-order chi connectivity index (χ1) is 9.58. The second kappa shape index (κ2) is 6.06. The number of methoxy groups -OCH3 is 1. The van der Waals surface area contributed by atoms with Crippen molar-refractivity contribution in [1.82, 2.24) is 0 Å². The number of amidine groups is 1. The highest BCUT2D eigenvalue weighted by atomic mass is 19.1. The second-order valence-electron chi connectivity index (χ2n) is 4.23. The Hall–Kier alpha value is -2.56. The van der Waals surface area contributed by atoms with Gasteiger partial charge >= 0.3 is 0 Å². The topological polar surface area (TPSA) is 68.3 Å². The van der Waals surface area contributed by atoms with E-state index >= 15 is 0 Å². The molecule has 5 heteroatoms. The number of nitrogen functional groups attached to an aromatic ring is 1. The Morgan fingerprint density at radius 2 is 1.80 bits per heavy atom. The summed E-state index contributed by atoms with van der Waals surface area (Å²) in [5.74, 6) is 0.780. The molecule has 0 aromatic heterocycles. The van der Waals surface area contributed by atoms with Crippen LogP contribution in [0, 0.1) is 11.2 Å². The number of halogens is 1. The molecule has 2 rings (SSSR count). The summed E-state index contributed by atoms with van der Waals surface area (Å²) in [4.78, 5) is 0. The van der Waals surface area contributed by atoms with Gasteiger partial charge in [0, 0.05) is 5.56 Å². The van der Waals surface area contributed by atoms with Crippen LogP contribution < -0.4 is 15.2 Å². The Labute approximate surface area is 116 Å². The van der Waals surface area contributed by atoms with E-state index in [1.54, 1.807) is 37.4 Å². The van der Waals surface area contributed by atoms with Crippen LogP contribution >= 0.6 is 0 Å². The summed E-state index contributed by atoms with van der Waals surface area (Å²) in [5, 5.41) is 7.33. The lowest BCUT2D eigenvalue weighted by atomic mass is 10.1. The van der Waals surface area contributed by atoms with Crippen LogP contribution in [0.15, 0.2) is 42.5 Å². The van der Waals surface area contributed by atoms with Gasteiger partial charge < -0.3 is 15.2 Å². The molecular formula is C15H15FN2O2. The number of hydrogen-bond donors (Lipinski definition) is 2. The largest absolute Gasteiger partial charge is 0.497 e. The van der Waals surface area contributed by atoms with Crippen molar-refractivity contribution in [2.75, 3.05) is 7.11 Å². The molecule has 0 bridgehead atoms. The summed E-state index contributed by atoms with van der Waals surface area (Å²) in [7, 11) is 1.59. The van der Waals surface area contributed by atoms with Crippen molar-refractivity contribution in [2.45, 2.75) is 6.61 Å². The fourth-order valence-corrected chi connectivity index (χ4v) is 1.73. The van der Waals surface area contributed by atoms with E-state index in [4.69, 9.17) is 20.6 Å². The van der Waals surface area contributed by atoms with Crippen LogP contribution in [-0.2, 0) is 6.61 Å². The number of benzene rings is 2. The maximum absolute atomic E-state index is 13.4. The molecule has 4 nitrogen and oxygen atoms in total. The molecule has 0 spiro atoms. The number of hydrogen-bond acceptors (Lipinski definition) is 3. The summed E-state index contributed by atoms with van der Waals surface area (Å²) in [6, 6.07) is 11.3. The molecule has 0 heterocycles. The zero-order valence-corrected chi connectivity index (χ0v) is 11.0. The molecule has 0 saturated heterocycles. The Morgan fingerprint density at radius 1 is 1.15 bits per heavy atom. The lowest BCUT2D eigenvalue weighted by Gasteiger charge is -2.08. The monoisotopic (exact) mass is 274 g/mol. The molecule has 0 atom stereocenters. The van der Waals surface area contributed by atoms with Gasteiger partial charge in [0.05, 0.1) is 7.11 Å². The molecule has 2 aromatic rings. The van der Waals surface area contributed by atoms with Crippen LogP contribution in [0.3, 0.4) is 0 Å². The van der Waals surface area contributed by atoms with E-state index in [1.807, 2.05) is 0 Å². The lowest BCUT2D eigenvalue weighted by Crippen LogP contribution is -2.12. The standard InChI is InChI=1S/C15H15FN2O2/c1-19-13-2-4-14(5-3-13)20-9-10-6-11(15(17)18)8-12(16)7-10/h2-8H,9H2,1H3,(H3,17,18). The van der Waals surface area contributed by atoms with E-state index < -0.39 is 5.82 Å². The molecule has 0 aliphatic heterocycles. The highest BCUT2D eigenvalue weighted by Gasteiger charge is 2.04. The van der Waals surface area contributed by atoms with Crippen molar-refractivity contribution >= 4 is 5.84 Å². The third-order valence-electron chi connectivity index (χ3n) is 2.73. The van der Waals surface area contributed by atoms with Crippen LogP contribution in [-0.4, -0.2) is 12.9 Å². The summed E-state index contributed by atoms with van der Waals surface area (Å²) in [6.07, 6.45) is 0. The predicted octanol–water partition coefficient (Wildman–Crippen LogP) is 2.70. The summed E-state index contributed by atoms with van der Waals surface area (Å²) < 4.78 is 24.0. The van der Waals surface area contributed by atoms with E-state index in [-0.39, 0.29) is 12.4 Å². The van der Waals surface area contributed by atoms with Crippen molar-refractivity contribution in [3.63, 3.8) is 0 Å². The average Bonchev–Trinajstić information content (AvgIpc) is 2.45. The van der Waals surface area contributed by atoms with Gasteiger partial charge in [-0.2, -0.15) is 0 Å². The Balaban J connectivity index is 2.08. The summed E-state index contributed by atoms with van der Waals surface area (Å²) in [5.41, 5.74) is 6.32. The smallest absolute Gasteiger partial charge is 0.124 e. The molecule has 20 heavy (non-hydrogen) atoms. The van der Waals surface area contributed by atoms with E-state index in [1.165, 1.54) is 12.1 Å². The Bertz CT molecular complexity index is 612. The van der Waals surface area contributed by atoms with Gasteiger partial charge in [0.25, 0.3) is 0 Å². The quantitative estimate of drug-likeness (QED) is 0.650. The molecule has 0 radical (unpaired) electrons. The predicted molar refractivity (Wildman–Crippen MR) is 74.7 cm³/mol. The highest BCUT2D eigenvalue weighted by molar-refractivity contribution is 5.95. The van der Waals surface area contributed by atoms with Crippen molar-refractivity contribution in [1.29, 1.82) is 5.41 Å². The van der Waals surface area contributed by atoms with E-state index in [2.05, 4.69) is 0 Å². The van der Waals surface area contributed by atoms with Gasteiger partial charge in [-0.25, -0.2) is 4.39 Å². The zero-order chi connectivity index (χ0) is 14.5. The molecule has 2 aromatic carbocycles. The van der Waals surface area contributed by atoms with Crippen LogP contribution in [0.1, 0.15) is 11.1 Å². The average molecular weight is 274 g/mol. The maximum Gasteiger partial charge on any atom is 0.124 e. The molecule has 0 amide bonds. The number of rotatable bonds is 5. The minimum absolute atomic E-state index is 0.171. The van der Waals surface area contributed by atoms with Crippen molar-refractivity contribution in [2.24, 2.45) is 5.73 Å². The molecular weight excluding hydrogens is 259 g/mol. The first kappa shape index (κ1) is 13.9. The van der Waals surface area contributed by atoms with Crippen LogP contribution in [0.4, 0.5) is 4.39 Å². The SMILES string of the molecule is COc1ccc(OCc2cc(F)cc(C(=N)N)c2)cc1. The second-order valence-corrected chi connectivity index (χ2v) is 4.23. The summed E-state index contributed by atoms with van der Waals surface area (Å²) >= 11 is 0. The third kappa shape index (κ3) is 3.47.